The minimum Gasteiger partial charge on any atom is -0.327 e. The molecule has 1 heterocycles. The van der Waals surface area contributed by atoms with E-state index >= 15 is 0 Å². The van der Waals surface area contributed by atoms with E-state index in [4.69, 9.17) is 0 Å². The number of H-pyrrole nitrogens is 1. The smallest absolute Gasteiger partial charge is 0.248 e. The van der Waals surface area contributed by atoms with Crippen molar-refractivity contribution in [2.75, 3.05) is 5.32 Å². The summed E-state index contributed by atoms with van der Waals surface area (Å²) in [6.07, 6.45) is 2.15. The summed E-state index contributed by atoms with van der Waals surface area (Å²) in [6, 6.07) is 9.03. The number of carbonyl (C=O) groups excluding carboxylic acids is 1. The maximum Gasteiger partial charge on any atom is 0.248 e. The summed E-state index contributed by atoms with van der Waals surface area (Å²) in [5.41, 5.74) is 1.08. The molecule has 0 saturated heterocycles. The Labute approximate surface area is 109 Å². The Morgan fingerprint density at radius 3 is 2.79 bits per heavy atom. The highest BCUT2D eigenvalue weighted by atomic mass is 19.1. The zero-order chi connectivity index (χ0) is 13.7. The number of aryl methyl sites for hydroxylation is 1. The van der Waals surface area contributed by atoms with Crippen LogP contribution in [0.15, 0.2) is 47.4 Å². The van der Waals surface area contributed by atoms with Gasteiger partial charge in [0.1, 0.15) is 5.82 Å². The number of hydrogen-bond acceptors (Lipinski definition) is 2. The molecule has 0 spiro atoms. The fourth-order valence-corrected chi connectivity index (χ4v) is 1.66. The monoisotopic (exact) mass is 260 g/mol. The van der Waals surface area contributed by atoms with Crippen LogP contribution in [0.5, 0.6) is 0 Å². The van der Waals surface area contributed by atoms with Crippen LogP contribution in [-0.2, 0) is 11.2 Å². The Balaban J connectivity index is 1.88. The zero-order valence-corrected chi connectivity index (χ0v) is 10.2. The number of anilines is 1. The van der Waals surface area contributed by atoms with E-state index in [1.165, 1.54) is 30.5 Å². The molecule has 1 aromatic carbocycles. The van der Waals surface area contributed by atoms with Crippen molar-refractivity contribution in [1.29, 1.82) is 0 Å². The summed E-state index contributed by atoms with van der Waals surface area (Å²) in [6.45, 7) is 0. The topological polar surface area (TPSA) is 62.0 Å². The van der Waals surface area contributed by atoms with Gasteiger partial charge in [-0.2, -0.15) is 0 Å². The molecular formula is C14H13FN2O2. The van der Waals surface area contributed by atoms with Crippen molar-refractivity contribution < 1.29 is 9.18 Å². The van der Waals surface area contributed by atoms with Gasteiger partial charge in [-0.3, -0.25) is 9.59 Å². The maximum atomic E-state index is 12.9. The molecule has 98 valence electrons. The molecule has 1 aromatic heterocycles. The second kappa shape index (κ2) is 5.95. The van der Waals surface area contributed by atoms with Crippen molar-refractivity contribution in [1.82, 2.24) is 4.98 Å². The summed E-state index contributed by atoms with van der Waals surface area (Å²) in [4.78, 5) is 25.0. The Morgan fingerprint density at radius 1 is 1.26 bits per heavy atom. The third-order valence-electron chi connectivity index (χ3n) is 2.60. The summed E-state index contributed by atoms with van der Waals surface area (Å²) in [5, 5.41) is 2.65. The number of hydrogen-bond donors (Lipinski definition) is 2. The Hall–Kier alpha value is -2.43. The molecule has 0 radical (unpaired) electrons. The third-order valence-corrected chi connectivity index (χ3v) is 2.60. The van der Waals surface area contributed by atoms with Gasteiger partial charge in [-0.25, -0.2) is 4.39 Å². The summed E-state index contributed by atoms with van der Waals surface area (Å²) >= 11 is 0. The SMILES string of the molecule is O=C(CCc1cccc(F)c1)Nc1ccc(=O)[nH]c1. The second-order valence-electron chi connectivity index (χ2n) is 4.12. The lowest BCUT2D eigenvalue weighted by molar-refractivity contribution is -0.116. The highest BCUT2D eigenvalue weighted by Gasteiger charge is 2.03. The predicted molar refractivity (Wildman–Crippen MR) is 70.4 cm³/mol. The van der Waals surface area contributed by atoms with Crippen LogP contribution in [-0.4, -0.2) is 10.9 Å². The van der Waals surface area contributed by atoms with Gasteiger partial charge in [0.25, 0.3) is 0 Å². The first-order valence-electron chi connectivity index (χ1n) is 5.86. The van der Waals surface area contributed by atoms with Gasteiger partial charge >= 0.3 is 0 Å². The number of carbonyl (C=O) groups is 1. The lowest BCUT2D eigenvalue weighted by Crippen LogP contribution is -2.14. The van der Waals surface area contributed by atoms with E-state index in [0.29, 0.717) is 12.1 Å². The number of aromatic nitrogens is 1. The zero-order valence-electron chi connectivity index (χ0n) is 10.2. The van der Waals surface area contributed by atoms with Crippen LogP contribution in [0.4, 0.5) is 10.1 Å². The molecule has 0 atom stereocenters. The molecule has 2 aromatic rings. The number of pyridine rings is 1. The van der Waals surface area contributed by atoms with E-state index in [2.05, 4.69) is 10.3 Å². The molecule has 4 nitrogen and oxygen atoms in total. The highest BCUT2D eigenvalue weighted by Crippen LogP contribution is 2.08. The number of benzene rings is 1. The fraction of sp³-hybridized carbons (Fsp3) is 0.143. The van der Waals surface area contributed by atoms with E-state index in [-0.39, 0.29) is 23.7 Å². The first-order valence-corrected chi connectivity index (χ1v) is 5.86. The van der Waals surface area contributed by atoms with Crippen molar-refractivity contribution >= 4 is 11.6 Å². The average Bonchev–Trinajstić information content (AvgIpc) is 2.39. The van der Waals surface area contributed by atoms with Crippen LogP contribution in [0.3, 0.4) is 0 Å². The van der Waals surface area contributed by atoms with E-state index in [9.17, 15) is 14.0 Å². The van der Waals surface area contributed by atoms with Crippen molar-refractivity contribution in [2.45, 2.75) is 12.8 Å². The quantitative estimate of drug-likeness (QED) is 0.884. The first kappa shape index (κ1) is 13.0. The Bertz CT molecular complexity index is 617. The number of amides is 1. The maximum absolute atomic E-state index is 12.9. The van der Waals surface area contributed by atoms with Crippen LogP contribution >= 0.6 is 0 Å². The predicted octanol–water partition coefficient (Wildman–Crippen LogP) is 2.09. The lowest BCUT2D eigenvalue weighted by atomic mass is 10.1. The Morgan fingerprint density at radius 2 is 2.11 bits per heavy atom. The largest absolute Gasteiger partial charge is 0.327 e. The summed E-state index contributed by atoms with van der Waals surface area (Å²) in [5.74, 6) is -0.491. The van der Waals surface area contributed by atoms with Crippen molar-refractivity contribution in [3.05, 3.63) is 64.3 Å². The molecule has 0 aliphatic rings. The van der Waals surface area contributed by atoms with Gasteiger partial charge in [-0.15, -0.1) is 0 Å². The molecule has 0 fully saturated rings. The van der Waals surface area contributed by atoms with Crippen LogP contribution < -0.4 is 10.9 Å². The summed E-state index contributed by atoms with van der Waals surface area (Å²) < 4.78 is 12.9. The van der Waals surface area contributed by atoms with Crippen molar-refractivity contribution in [3.63, 3.8) is 0 Å². The second-order valence-corrected chi connectivity index (χ2v) is 4.12. The first-order chi connectivity index (χ1) is 9.13. The number of nitrogens with one attached hydrogen (secondary N) is 2. The van der Waals surface area contributed by atoms with Gasteiger partial charge in [0.05, 0.1) is 5.69 Å². The van der Waals surface area contributed by atoms with Crippen LogP contribution in [0, 0.1) is 5.82 Å². The normalized spacial score (nSPS) is 10.2. The van der Waals surface area contributed by atoms with E-state index < -0.39 is 0 Å². The molecule has 19 heavy (non-hydrogen) atoms. The third kappa shape index (κ3) is 4.06. The minimum atomic E-state index is -0.307. The molecule has 5 heteroatoms. The van der Waals surface area contributed by atoms with E-state index in [1.54, 1.807) is 12.1 Å². The van der Waals surface area contributed by atoms with Gasteiger partial charge in [0, 0.05) is 18.7 Å². The molecule has 0 aliphatic heterocycles. The molecule has 1 amide bonds. The van der Waals surface area contributed by atoms with E-state index in [0.717, 1.165) is 5.56 Å². The number of halogens is 1. The van der Waals surface area contributed by atoms with Gasteiger partial charge in [0.2, 0.25) is 11.5 Å². The average molecular weight is 260 g/mol. The van der Waals surface area contributed by atoms with Crippen molar-refractivity contribution in [2.24, 2.45) is 0 Å². The molecule has 2 N–H and O–H groups in total. The number of aromatic amines is 1. The van der Waals surface area contributed by atoms with Gasteiger partial charge in [-0.1, -0.05) is 12.1 Å². The van der Waals surface area contributed by atoms with Crippen LogP contribution in [0.2, 0.25) is 0 Å². The van der Waals surface area contributed by atoms with Crippen molar-refractivity contribution in [3.8, 4) is 0 Å². The van der Waals surface area contributed by atoms with Gasteiger partial charge in [0.15, 0.2) is 0 Å². The molecule has 0 aliphatic carbocycles. The number of rotatable bonds is 4. The van der Waals surface area contributed by atoms with E-state index in [1.807, 2.05) is 0 Å². The van der Waals surface area contributed by atoms with Gasteiger partial charge < -0.3 is 10.3 Å². The minimum absolute atomic E-state index is 0.184. The molecule has 2 rings (SSSR count). The molecule has 0 bridgehead atoms. The standard InChI is InChI=1S/C14H13FN2O2/c15-11-3-1-2-10(8-11)4-6-14(19)17-12-5-7-13(18)16-9-12/h1-3,5,7-9H,4,6H2,(H,16,18)(H,17,19). The highest BCUT2D eigenvalue weighted by molar-refractivity contribution is 5.90. The molecular weight excluding hydrogens is 247 g/mol. The van der Waals surface area contributed by atoms with Crippen LogP contribution in [0.1, 0.15) is 12.0 Å². The lowest BCUT2D eigenvalue weighted by Gasteiger charge is -2.04. The van der Waals surface area contributed by atoms with Crippen LogP contribution in [0.25, 0.3) is 0 Å². The molecule has 0 saturated carbocycles. The fourth-order valence-electron chi connectivity index (χ4n) is 1.66. The Kier molecular flexibility index (Phi) is 4.07. The van der Waals surface area contributed by atoms with Gasteiger partial charge in [-0.05, 0) is 30.2 Å². The molecule has 0 unspecified atom stereocenters. The summed E-state index contributed by atoms with van der Waals surface area (Å²) in [7, 11) is 0.